The van der Waals surface area contributed by atoms with Gasteiger partial charge >= 0.3 is 0 Å². The summed E-state index contributed by atoms with van der Waals surface area (Å²) < 4.78 is 0. The predicted molar refractivity (Wildman–Crippen MR) is 57.4 cm³/mol. The fourth-order valence-electron chi connectivity index (χ4n) is 1.32. The molecule has 72 valence electrons. The average Bonchev–Trinajstić information content (AvgIpc) is 2.50. The van der Waals surface area contributed by atoms with Gasteiger partial charge in [-0.05, 0) is 26.8 Å². The Morgan fingerprint density at radius 3 is 2.50 bits per heavy atom. The first kappa shape index (κ1) is 9.27. The largest absolute Gasteiger partial charge is 0.249 e. The topological polar surface area (TPSA) is 38.7 Å². The fourth-order valence-corrected chi connectivity index (χ4v) is 2.06. The number of rotatable bonds is 1. The summed E-state index contributed by atoms with van der Waals surface area (Å²) in [4.78, 5) is 13.9. The highest BCUT2D eigenvalue weighted by atomic mass is 32.1. The van der Waals surface area contributed by atoms with Gasteiger partial charge < -0.3 is 0 Å². The highest BCUT2D eigenvalue weighted by molar-refractivity contribution is 7.15. The highest BCUT2D eigenvalue weighted by Gasteiger charge is 2.04. The lowest BCUT2D eigenvalue weighted by molar-refractivity contribution is 1.02. The van der Waals surface area contributed by atoms with Gasteiger partial charge in [-0.25, -0.2) is 15.0 Å². The summed E-state index contributed by atoms with van der Waals surface area (Å²) in [7, 11) is 0. The molecule has 2 heterocycles. The number of hydrogen-bond acceptors (Lipinski definition) is 4. The van der Waals surface area contributed by atoms with Gasteiger partial charge in [0.25, 0.3) is 0 Å². The van der Waals surface area contributed by atoms with Crippen molar-refractivity contribution in [2.75, 3.05) is 0 Å². The molecule has 14 heavy (non-hydrogen) atoms. The Bertz CT molecular complexity index is 442. The van der Waals surface area contributed by atoms with Crippen molar-refractivity contribution in [3.05, 3.63) is 28.8 Å². The van der Waals surface area contributed by atoms with Crippen LogP contribution in [0, 0.1) is 20.8 Å². The van der Waals surface area contributed by atoms with E-state index < -0.39 is 0 Å². The van der Waals surface area contributed by atoms with Crippen LogP contribution >= 0.6 is 11.3 Å². The molecule has 0 radical (unpaired) electrons. The summed E-state index contributed by atoms with van der Waals surface area (Å²) in [6.45, 7) is 5.88. The van der Waals surface area contributed by atoms with Crippen LogP contribution in [0.4, 0.5) is 0 Å². The summed E-state index contributed by atoms with van der Waals surface area (Å²) in [5.41, 5.74) is 1.97. The minimum absolute atomic E-state index is 0.811. The predicted octanol–water partition coefficient (Wildman–Crippen LogP) is 2.53. The van der Waals surface area contributed by atoms with Crippen molar-refractivity contribution in [3.8, 4) is 10.6 Å². The fraction of sp³-hybridized carbons (Fsp3) is 0.300. The van der Waals surface area contributed by atoms with E-state index in [9.17, 15) is 0 Å². The molecule has 4 heteroatoms. The molecule has 0 amide bonds. The third kappa shape index (κ3) is 1.80. The van der Waals surface area contributed by atoms with Crippen LogP contribution in [-0.2, 0) is 0 Å². The van der Waals surface area contributed by atoms with E-state index in [0.717, 1.165) is 27.1 Å². The van der Waals surface area contributed by atoms with Crippen LogP contribution in [-0.4, -0.2) is 15.0 Å². The Morgan fingerprint density at radius 2 is 1.93 bits per heavy atom. The lowest BCUT2D eigenvalue weighted by Gasteiger charge is -1.99. The summed E-state index contributed by atoms with van der Waals surface area (Å²) >= 11 is 1.66. The molecule has 0 bridgehead atoms. The molecule has 0 spiro atoms. The monoisotopic (exact) mass is 205 g/mol. The number of aryl methyl sites for hydroxylation is 3. The van der Waals surface area contributed by atoms with Crippen molar-refractivity contribution in [1.29, 1.82) is 0 Å². The zero-order chi connectivity index (χ0) is 10.1. The Hall–Kier alpha value is -1.29. The van der Waals surface area contributed by atoms with E-state index >= 15 is 0 Å². The van der Waals surface area contributed by atoms with Crippen molar-refractivity contribution in [3.63, 3.8) is 0 Å². The molecule has 0 saturated heterocycles. The quantitative estimate of drug-likeness (QED) is 0.718. The molecule has 3 nitrogen and oxygen atoms in total. The first-order chi connectivity index (χ1) is 6.65. The second-order valence-corrected chi connectivity index (χ2v) is 4.42. The minimum atomic E-state index is 0.811. The van der Waals surface area contributed by atoms with Crippen molar-refractivity contribution in [2.24, 2.45) is 0 Å². The third-order valence-corrected chi connectivity index (χ3v) is 2.78. The second-order valence-electron chi connectivity index (χ2n) is 3.19. The molecule has 0 unspecified atom stereocenters. The van der Waals surface area contributed by atoms with Crippen molar-refractivity contribution in [1.82, 2.24) is 15.0 Å². The molecule has 2 rings (SSSR count). The molecular weight excluding hydrogens is 194 g/mol. The molecule has 0 aromatic carbocycles. The molecule has 0 saturated carbocycles. The summed E-state index contributed by atoms with van der Waals surface area (Å²) in [5.74, 6) is 0.811. The minimum Gasteiger partial charge on any atom is -0.249 e. The van der Waals surface area contributed by atoms with Crippen LogP contribution < -0.4 is 0 Å². The zero-order valence-corrected chi connectivity index (χ0v) is 9.22. The van der Waals surface area contributed by atoms with Gasteiger partial charge in [0, 0.05) is 11.9 Å². The van der Waals surface area contributed by atoms with Crippen LogP contribution in [0.2, 0.25) is 0 Å². The average molecular weight is 205 g/mol. The van der Waals surface area contributed by atoms with E-state index in [1.165, 1.54) is 0 Å². The molecule has 0 aliphatic heterocycles. The molecule has 0 aliphatic rings. The summed E-state index contributed by atoms with van der Waals surface area (Å²) in [6, 6.07) is 1.99. The van der Waals surface area contributed by atoms with Gasteiger partial charge in [0.2, 0.25) is 0 Å². The van der Waals surface area contributed by atoms with Gasteiger partial charge in [-0.15, -0.1) is 11.3 Å². The molecular formula is C10H11N3S. The van der Waals surface area contributed by atoms with Crippen molar-refractivity contribution >= 4 is 11.3 Å². The maximum absolute atomic E-state index is 4.38. The SMILES string of the molecule is Cc1cc(-c2cnc(C)s2)nc(C)n1. The van der Waals surface area contributed by atoms with E-state index in [2.05, 4.69) is 15.0 Å². The van der Waals surface area contributed by atoms with Crippen LogP contribution in [0.5, 0.6) is 0 Å². The van der Waals surface area contributed by atoms with Gasteiger partial charge in [-0.3, -0.25) is 0 Å². The molecule has 0 aliphatic carbocycles. The lowest BCUT2D eigenvalue weighted by Crippen LogP contribution is -1.92. The summed E-state index contributed by atoms with van der Waals surface area (Å²) in [5, 5.41) is 1.06. The van der Waals surface area contributed by atoms with Crippen LogP contribution in [0.25, 0.3) is 10.6 Å². The molecule has 0 N–H and O–H groups in total. The molecule has 2 aromatic rings. The first-order valence-electron chi connectivity index (χ1n) is 4.40. The van der Waals surface area contributed by atoms with E-state index in [-0.39, 0.29) is 0 Å². The Kier molecular flexibility index (Phi) is 2.29. The number of hydrogen-bond donors (Lipinski definition) is 0. The maximum atomic E-state index is 4.38. The smallest absolute Gasteiger partial charge is 0.126 e. The van der Waals surface area contributed by atoms with Crippen LogP contribution in [0.3, 0.4) is 0 Å². The van der Waals surface area contributed by atoms with Crippen molar-refractivity contribution < 1.29 is 0 Å². The van der Waals surface area contributed by atoms with Crippen LogP contribution in [0.1, 0.15) is 16.5 Å². The van der Waals surface area contributed by atoms with Gasteiger partial charge in [-0.2, -0.15) is 0 Å². The second kappa shape index (κ2) is 3.46. The van der Waals surface area contributed by atoms with E-state index in [1.54, 1.807) is 11.3 Å². The highest BCUT2D eigenvalue weighted by Crippen LogP contribution is 2.24. The van der Waals surface area contributed by atoms with Gasteiger partial charge in [0.05, 0.1) is 15.6 Å². The van der Waals surface area contributed by atoms with Crippen LogP contribution in [0.15, 0.2) is 12.3 Å². The lowest BCUT2D eigenvalue weighted by atomic mass is 10.3. The van der Waals surface area contributed by atoms with Gasteiger partial charge in [-0.1, -0.05) is 0 Å². The summed E-state index contributed by atoms with van der Waals surface area (Å²) in [6.07, 6.45) is 1.86. The Balaban J connectivity index is 2.51. The van der Waals surface area contributed by atoms with Gasteiger partial charge in [0.1, 0.15) is 5.82 Å². The zero-order valence-electron chi connectivity index (χ0n) is 8.40. The number of aromatic nitrogens is 3. The first-order valence-corrected chi connectivity index (χ1v) is 5.22. The Morgan fingerprint density at radius 1 is 1.14 bits per heavy atom. The maximum Gasteiger partial charge on any atom is 0.126 e. The van der Waals surface area contributed by atoms with Gasteiger partial charge in [0.15, 0.2) is 0 Å². The molecule has 0 fully saturated rings. The number of thiazole rings is 1. The van der Waals surface area contributed by atoms with E-state index in [0.29, 0.717) is 0 Å². The molecule has 0 atom stereocenters. The van der Waals surface area contributed by atoms with Crippen molar-refractivity contribution in [2.45, 2.75) is 20.8 Å². The standard InChI is InChI=1S/C10H11N3S/c1-6-4-9(13-7(2)12-6)10-5-11-8(3)14-10/h4-5H,1-3H3. The normalized spacial score (nSPS) is 10.5. The van der Waals surface area contributed by atoms with E-state index in [1.807, 2.05) is 33.0 Å². The Labute approximate surface area is 86.9 Å². The number of nitrogens with zero attached hydrogens (tertiary/aromatic N) is 3. The van der Waals surface area contributed by atoms with E-state index in [4.69, 9.17) is 0 Å². The third-order valence-electron chi connectivity index (χ3n) is 1.84. The molecule has 2 aromatic heterocycles.